The quantitative estimate of drug-likeness (QED) is 0.686. The summed E-state index contributed by atoms with van der Waals surface area (Å²) in [5.74, 6) is -0.675. The molecule has 0 aromatic rings. The summed E-state index contributed by atoms with van der Waals surface area (Å²) in [7, 11) is 0. The van der Waals surface area contributed by atoms with Gasteiger partial charge in [0.05, 0.1) is 0 Å². The predicted molar refractivity (Wildman–Crippen MR) is 65.6 cm³/mol. The molecule has 1 aliphatic carbocycles. The minimum Gasteiger partial charge on any atom is -0.481 e. The highest BCUT2D eigenvalue weighted by Gasteiger charge is 2.09. The van der Waals surface area contributed by atoms with Crippen molar-refractivity contribution < 1.29 is 9.90 Å². The van der Waals surface area contributed by atoms with Crippen molar-refractivity contribution in [2.24, 2.45) is 0 Å². The molecule has 0 spiro atoms. The highest BCUT2D eigenvalue weighted by atomic mass is 16.4. The van der Waals surface area contributed by atoms with Crippen LogP contribution >= 0.6 is 0 Å². The third-order valence-electron chi connectivity index (χ3n) is 3.36. The standard InChI is InChI=1S/C13H25NO2/c15-13(16)10-6-7-11-14-12-8-4-2-1-3-5-9-12/h12,14H,1-11H2,(H,15,16). The first-order chi connectivity index (χ1) is 7.79. The molecule has 2 N–H and O–H groups in total. The summed E-state index contributed by atoms with van der Waals surface area (Å²) in [6, 6.07) is 0.685. The van der Waals surface area contributed by atoms with Gasteiger partial charge in [-0.1, -0.05) is 32.1 Å². The van der Waals surface area contributed by atoms with Crippen LogP contribution in [0, 0.1) is 0 Å². The Morgan fingerprint density at radius 3 is 2.31 bits per heavy atom. The van der Waals surface area contributed by atoms with Crippen LogP contribution in [-0.4, -0.2) is 23.7 Å². The number of unbranched alkanes of at least 4 members (excludes halogenated alkanes) is 1. The monoisotopic (exact) mass is 227 g/mol. The Bertz CT molecular complexity index is 186. The van der Waals surface area contributed by atoms with Crippen LogP contribution in [0.4, 0.5) is 0 Å². The van der Waals surface area contributed by atoms with E-state index in [-0.39, 0.29) is 0 Å². The maximum Gasteiger partial charge on any atom is 0.303 e. The number of aliphatic carboxylic acids is 1. The van der Waals surface area contributed by atoms with Gasteiger partial charge in [0.2, 0.25) is 0 Å². The van der Waals surface area contributed by atoms with Crippen molar-refractivity contribution in [2.45, 2.75) is 70.3 Å². The molecule has 0 radical (unpaired) electrons. The smallest absolute Gasteiger partial charge is 0.303 e. The molecule has 0 saturated heterocycles. The summed E-state index contributed by atoms with van der Waals surface area (Å²) in [5, 5.41) is 12.1. The average Bonchev–Trinajstić information content (AvgIpc) is 2.19. The van der Waals surface area contributed by atoms with Crippen LogP contribution in [0.25, 0.3) is 0 Å². The largest absolute Gasteiger partial charge is 0.481 e. The number of carbonyl (C=O) groups is 1. The lowest BCUT2D eigenvalue weighted by Gasteiger charge is -2.20. The molecule has 3 heteroatoms. The van der Waals surface area contributed by atoms with Gasteiger partial charge < -0.3 is 10.4 Å². The Kier molecular flexibility index (Phi) is 7.23. The van der Waals surface area contributed by atoms with Gasteiger partial charge in [0.25, 0.3) is 0 Å². The molecule has 0 atom stereocenters. The molecule has 0 unspecified atom stereocenters. The fraction of sp³-hybridized carbons (Fsp3) is 0.923. The Hall–Kier alpha value is -0.570. The normalized spacial score (nSPS) is 19.0. The van der Waals surface area contributed by atoms with Gasteiger partial charge in [-0.3, -0.25) is 4.79 Å². The molecule has 1 aliphatic rings. The molecule has 0 aromatic carbocycles. The average molecular weight is 227 g/mol. The van der Waals surface area contributed by atoms with Crippen molar-refractivity contribution in [3.05, 3.63) is 0 Å². The summed E-state index contributed by atoms with van der Waals surface area (Å²) in [5.41, 5.74) is 0. The SMILES string of the molecule is O=C(O)CCCCNC1CCCCCCC1. The third-order valence-corrected chi connectivity index (χ3v) is 3.36. The van der Waals surface area contributed by atoms with Crippen LogP contribution in [0.5, 0.6) is 0 Å². The predicted octanol–water partition coefficient (Wildman–Crippen LogP) is 2.94. The van der Waals surface area contributed by atoms with E-state index in [1.807, 2.05) is 0 Å². The van der Waals surface area contributed by atoms with Gasteiger partial charge in [0.15, 0.2) is 0 Å². The molecule has 0 aliphatic heterocycles. The molecule has 1 saturated carbocycles. The molecule has 0 heterocycles. The van der Waals surface area contributed by atoms with Crippen molar-refractivity contribution >= 4 is 5.97 Å². The zero-order valence-electron chi connectivity index (χ0n) is 10.2. The zero-order valence-corrected chi connectivity index (χ0v) is 10.2. The van der Waals surface area contributed by atoms with Crippen molar-refractivity contribution in [3.63, 3.8) is 0 Å². The summed E-state index contributed by atoms with van der Waals surface area (Å²) < 4.78 is 0. The minimum absolute atomic E-state index is 0.312. The van der Waals surface area contributed by atoms with Crippen molar-refractivity contribution in [3.8, 4) is 0 Å². The molecule has 1 rings (SSSR count). The van der Waals surface area contributed by atoms with E-state index < -0.39 is 5.97 Å². The van der Waals surface area contributed by atoms with Crippen molar-refractivity contribution in [1.82, 2.24) is 5.32 Å². The van der Waals surface area contributed by atoms with Gasteiger partial charge in [-0.05, 0) is 32.2 Å². The van der Waals surface area contributed by atoms with Gasteiger partial charge in [-0.25, -0.2) is 0 Å². The van der Waals surface area contributed by atoms with Gasteiger partial charge >= 0.3 is 5.97 Å². The van der Waals surface area contributed by atoms with E-state index >= 15 is 0 Å². The highest BCUT2D eigenvalue weighted by Crippen LogP contribution is 2.17. The van der Waals surface area contributed by atoms with E-state index in [2.05, 4.69) is 5.32 Å². The van der Waals surface area contributed by atoms with E-state index in [1.165, 1.54) is 44.9 Å². The number of hydrogen-bond donors (Lipinski definition) is 2. The fourth-order valence-corrected chi connectivity index (χ4v) is 2.37. The number of nitrogens with one attached hydrogen (secondary N) is 1. The lowest BCUT2D eigenvalue weighted by atomic mass is 9.96. The number of carboxylic acids is 1. The number of rotatable bonds is 6. The summed E-state index contributed by atoms with van der Waals surface area (Å²) >= 11 is 0. The lowest BCUT2D eigenvalue weighted by Crippen LogP contribution is -2.30. The van der Waals surface area contributed by atoms with E-state index in [9.17, 15) is 4.79 Å². The van der Waals surface area contributed by atoms with Crippen LogP contribution in [0.2, 0.25) is 0 Å². The molecule has 0 amide bonds. The third kappa shape index (κ3) is 6.83. The Morgan fingerprint density at radius 2 is 1.69 bits per heavy atom. The number of carboxylic acid groups (broad SMARTS) is 1. The molecule has 3 nitrogen and oxygen atoms in total. The van der Waals surface area contributed by atoms with E-state index in [4.69, 9.17) is 5.11 Å². The first-order valence-electron chi connectivity index (χ1n) is 6.74. The second-order valence-electron chi connectivity index (χ2n) is 4.85. The van der Waals surface area contributed by atoms with Gasteiger partial charge in [-0.15, -0.1) is 0 Å². The Labute approximate surface area is 98.6 Å². The van der Waals surface area contributed by atoms with Crippen LogP contribution in [0.1, 0.15) is 64.2 Å². The summed E-state index contributed by atoms with van der Waals surface area (Å²) in [6.45, 7) is 0.984. The Morgan fingerprint density at radius 1 is 1.06 bits per heavy atom. The zero-order chi connectivity index (χ0) is 11.6. The van der Waals surface area contributed by atoms with Gasteiger partial charge in [0, 0.05) is 12.5 Å². The van der Waals surface area contributed by atoms with Crippen LogP contribution in [0.15, 0.2) is 0 Å². The Balaban J connectivity index is 1.99. The van der Waals surface area contributed by atoms with E-state index in [0.717, 1.165) is 19.4 Å². The van der Waals surface area contributed by atoms with Crippen LogP contribution < -0.4 is 5.32 Å². The first-order valence-corrected chi connectivity index (χ1v) is 6.74. The highest BCUT2D eigenvalue weighted by molar-refractivity contribution is 5.66. The first kappa shape index (κ1) is 13.5. The van der Waals surface area contributed by atoms with Gasteiger partial charge in [0.1, 0.15) is 0 Å². The van der Waals surface area contributed by atoms with E-state index in [1.54, 1.807) is 0 Å². The van der Waals surface area contributed by atoms with Crippen molar-refractivity contribution in [2.75, 3.05) is 6.54 Å². The molecule has 1 fully saturated rings. The lowest BCUT2D eigenvalue weighted by molar-refractivity contribution is -0.137. The molecule has 94 valence electrons. The van der Waals surface area contributed by atoms with Crippen LogP contribution in [-0.2, 0) is 4.79 Å². The second kappa shape index (κ2) is 8.57. The van der Waals surface area contributed by atoms with Gasteiger partial charge in [-0.2, -0.15) is 0 Å². The van der Waals surface area contributed by atoms with Crippen molar-refractivity contribution in [1.29, 1.82) is 0 Å². The van der Waals surface area contributed by atoms with Crippen LogP contribution in [0.3, 0.4) is 0 Å². The number of hydrogen-bond acceptors (Lipinski definition) is 2. The molecular weight excluding hydrogens is 202 g/mol. The fourth-order valence-electron chi connectivity index (χ4n) is 2.37. The molecule has 16 heavy (non-hydrogen) atoms. The maximum absolute atomic E-state index is 10.3. The van der Waals surface area contributed by atoms with E-state index in [0.29, 0.717) is 12.5 Å². The summed E-state index contributed by atoms with van der Waals surface area (Å²) in [6.07, 6.45) is 11.6. The summed E-state index contributed by atoms with van der Waals surface area (Å²) in [4.78, 5) is 10.3. The molecular formula is C13H25NO2. The maximum atomic E-state index is 10.3. The second-order valence-corrected chi connectivity index (χ2v) is 4.85. The molecule has 0 bridgehead atoms. The topological polar surface area (TPSA) is 49.3 Å². The minimum atomic E-state index is -0.675. The molecule has 0 aromatic heterocycles.